The molecule has 1 heterocycles. The monoisotopic (exact) mass is 431 g/mol. The fourth-order valence-corrected chi connectivity index (χ4v) is 3.30. The maximum atomic E-state index is 12.8. The van der Waals surface area contributed by atoms with E-state index >= 15 is 0 Å². The summed E-state index contributed by atoms with van der Waals surface area (Å²) in [5, 5.41) is 33.3. The fraction of sp³-hybridized carbons (Fsp3) is 0.111. The molecule has 1 aliphatic rings. The Morgan fingerprint density at radius 3 is 2.40 bits per heavy atom. The summed E-state index contributed by atoms with van der Waals surface area (Å²) in [6.07, 6.45) is 1.36. The first-order chi connectivity index (χ1) is 14.0. The summed E-state index contributed by atoms with van der Waals surface area (Å²) < 4.78 is 27.6. The Labute approximate surface area is 170 Å². The number of hydrogen-bond acceptors (Lipinski definition) is 8. The molecule has 0 fully saturated rings. The first-order valence-electron chi connectivity index (χ1n) is 8.31. The van der Waals surface area contributed by atoms with Gasteiger partial charge in [0.2, 0.25) is 10.0 Å². The molecular weight excluding hydrogens is 416 g/mol. The fourth-order valence-electron chi connectivity index (χ4n) is 2.78. The Kier molecular flexibility index (Phi) is 5.29. The van der Waals surface area contributed by atoms with Gasteiger partial charge in [-0.1, -0.05) is 0 Å². The zero-order chi connectivity index (χ0) is 22.2. The standard InChI is InChI=1S/C18H16N4O7S/c1-10-14(7-11-8-15(22(25)26)17(23)16(9-11)29-2)18(24)21(20-10)12-3-5-13(6-4-12)30(19,27)28/h3-9,23H,1-2H3,(H2,19,27,28)/p-1/b14-7-. The van der Waals surface area contributed by atoms with Crippen LogP contribution >= 0.6 is 0 Å². The zero-order valence-electron chi connectivity index (χ0n) is 15.7. The number of primary sulfonamides is 1. The number of nitro groups is 1. The van der Waals surface area contributed by atoms with Crippen molar-refractivity contribution in [2.75, 3.05) is 12.1 Å². The van der Waals surface area contributed by atoms with E-state index in [1.807, 2.05) is 0 Å². The van der Waals surface area contributed by atoms with E-state index in [1.165, 1.54) is 43.5 Å². The Bertz CT molecular complexity index is 1220. The molecule has 0 radical (unpaired) electrons. The van der Waals surface area contributed by atoms with Crippen molar-refractivity contribution in [2.24, 2.45) is 10.2 Å². The smallest absolute Gasteiger partial charge is 0.280 e. The number of nitrogens with zero attached hydrogens (tertiary/aromatic N) is 3. The lowest BCUT2D eigenvalue weighted by atomic mass is 10.1. The average Bonchev–Trinajstić information content (AvgIpc) is 2.96. The summed E-state index contributed by atoms with van der Waals surface area (Å²) in [6.45, 7) is 1.57. The van der Waals surface area contributed by atoms with Crippen molar-refractivity contribution in [2.45, 2.75) is 11.8 Å². The maximum absolute atomic E-state index is 12.8. The van der Waals surface area contributed by atoms with Gasteiger partial charge in [-0.2, -0.15) is 10.1 Å². The highest BCUT2D eigenvalue weighted by atomic mass is 32.2. The topological polar surface area (TPSA) is 168 Å². The van der Waals surface area contributed by atoms with Crippen LogP contribution in [0.3, 0.4) is 0 Å². The Hall–Kier alpha value is -3.77. The number of anilines is 1. The minimum Gasteiger partial charge on any atom is -0.865 e. The average molecular weight is 431 g/mol. The Morgan fingerprint density at radius 1 is 1.23 bits per heavy atom. The predicted octanol–water partition coefficient (Wildman–Crippen LogP) is 1.13. The molecule has 0 aliphatic carbocycles. The van der Waals surface area contributed by atoms with Gasteiger partial charge in [0.25, 0.3) is 11.6 Å². The van der Waals surface area contributed by atoms with E-state index in [1.54, 1.807) is 6.92 Å². The van der Waals surface area contributed by atoms with Gasteiger partial charge in [0.05, 0.1) is 33.9 Å². The van der Waals surface area contributed by atoms with E-state index in [2.05, 4.69) is 5.10 Å². The van der Waals surface area contributed by atoms with Crippen molar-refractivity contribution in [1.29, 1.82) is 0 Å². The number of ether oxygens (including phenoxy) is 1. The van der Waals surface area contributed by atoms with Crippen molar-refractivity contribution in [3.63, 3.8) is 0 Å². The van der Waals surface area contributed by atoms with Crippen LogP contribution in [0.25, 0.3) is 6.08 Å². The molecule has 12 heteroatoms. The Balaban J connectivity index is 1.99. The predicted molar refractivity (Wildman–Crippen MR) is 105 cm³/mol. The van der Waals surface area contributed by atoms with E-state index in [9.17, 15) is 28.4 Å². The molecule has 11 nitrogen and oxygen atoms in total. The van der Waals surface area contributed by atoms with Gasteiger partial charge in [-0.05, 0) is 48.9 Å². The van der Waals surface area contributed by atoms with Gasteiger partial charge in [0.15, 0.2) is 0 Å². The number of hydrazone groups is 1. The highest BCUT2D eigenvalue weighted by Gasteiger charge is 2.29. The number of nitro benzene ring substituents is 1. The molecule has 2 aromatic carbocycles. The molecule has 0 spiro atoms. The number of sulfonamides is 1. The SMILES string of the molecule is COc1cc(/C=C2\C(=O)N(c3ccc(S(N)(=O)=O)cc3)N=C2C)cc([N+](=O)[O-])c1[O-]. The normalized spacial score (nSPS) is 15.4. The number of carbonyl (C=O) groups excluding carboxylic acids is 1. The second kappa shape index (κ2) is 7.57. The van der Waals surface area contributed by atoms with E-state index < -0.39 is 32.3 Å². The van der Waals surface area contributed by atoms with Crippen molar-refractivity contribution < 1.29 is 28.0 Å². The first-order valence-corrected chi connectivity index (χ1v) is 9.85. The maximum Gasteiger partial charge on any atom is 0.280 e. The highest BCUT2D eigenvalue weighted by molar-refractivity contribution is 7.89. The molecule has 156 valence electrons. The van der Waals surface area contributed by atoms with E-state index in [0.717, 1.165) is 11.1 Å². The van der Waals surface area contributed by atoms with Crippen molar-refractivity contribution in [1.82, 2.24) is 0 Å². The molecule has 0 atom stereocenters. The van der Waals surface area contributed by atoms with Crippen LogP contribution in [0.1, 0.15) is 12.5 Å². The largest absolute Gasteiger partial charge is 0.865 e. The lowest BCUT2D eigenvalue weighted by Gasteiger charge is -2.14. The van der Waals surface area contributed by atoms with Crippen molar-refractivity contribution >= 4 is 39.1 Å². The lowest BCUT2D eigenvalue weighted by molar-refractivity contribution is -0.398. The molecule has 0 saturated heterocycles. The van der Waals surface area contributed by atoms with Crippen LogP contribution in [0.15, 0.2) is 52.0 Å². The summed E-state index contributed by atoms with van der Waals surface area (Å²) in [6, 6.07) is 7.56. The molecule has 30 heavy (non-hydrogen) atoms. The third-order valence-corrected chi connectivity index (χ3v) is 5.19. The molecule has 0 aromatic heterocycles. The minimum absolute atomic E-state index is 0.119. The second-order valence-electron chi connectivity index (χ2n) is 6.23. The van der Waals surface area contributed by atoms with Crippen LogP contribution in [0, 0.1) is 10.1 Å². The molecule has 0 unspecified atom stereocenters. The molecule has 0 bridgehead atoms. The van der Waals surface area contributed by atoms with Gasteiger partial charge in [-0.25, -0.2) is 13.6 Å². The van der Waals surface area contributed by atoms with Crippen LogP contribution in [-0.4, -0.2) is 32.1 Å². The van der Waals surface area contributed by atoms with Gasteiger partial charge in [0, 0.05) is 11.8 Å². The third-order valence-electron chi connectivity index (χ3n) is 4.26. The van der Waals surface area contributed by atoms with Gasteiger partial charge in [0.1, 0.15) is 5.75 Å². The molecule has 1 amide bonds. The second-order valence-corrected chi connectivity index (χ2v) is 7.79. The summed E-state index contributed by atoms with van der Waals surface area (Å²) in [4.78, 5) is 23.0. The number of rotatable bonds is 5. The molecule has 0 saturated carbocycles. The van der Waals surface area contributed by atoms with Crippen LogP contribution in [-0.2, 0) is 14.8 Å². The lowest BCUT2D eigenvalue weighted by Crippen LogP contribution is -2.21. The van der Waals surface area contributed by atoms with Gasteiger partial charge in [-0.15, -0.1) is 0 Å². The number of amides is 1. The Morgan fingerprint density at radius 2 is 1.87 bits per heavy atom. The quantitative estimate of drug-likeness (QED) is 0.420. The van der Waals surface area contributed by atoms with Crippen LogP contribution in [0.4, 0.5) is 11.4 Å². The molecule has 3 rings (SSSR count). The summed E-state index contributed by atoms with van der Waals surface area (Å²) in [7, 11) is -2.68. The van der Waals surface area contributed by atoms with E-state index in [0.29, 0.717) is 11.4 Å². The van der Waals surface area contributed by atoms with E-state index in [-0.39, 0.29) is 21.8 Å². The molecule has 2 N–H and O–H groups in total. The third kappa shape index (κ3) is 3.86. The zero-order valence-corrected chi connectivity index (χ0v) is 16.5. The van der Waals surface area contributed by atoms with Crippen molar-refractivity contribution in [3.8, 4) is 11.5 Å². The van der Waals surface area contributed by atoms with Gasteiger partial charge in [-0.3, -0.25) is 14.9 Å². The number of nitrogens with two attached hydrogens (primary N) is 1. The van der Waals surface area contributed by atoms with Gasteiger partial charge >= 0.3 is 0 Å². The number of methoxy groups -OCH3 is 1. The molecule has 2 aromatic rings. The van der Waals surface area contributed by atoms with Crippen molar-refractivity contribution in [3.05, 3.63) is 57.6 Å². The van der Waals surface area contributed by atoms with Crippen LogP contribution in [0.5, 0.6) is 11.5 Å². The van der Waals surface area contributed by atoms with Crippen LogP contribution < -0.4 is 20.0 Å². The number of benzene rings is 2. The molecule has 1 aliphatic heterocycles. The summed E-state index contributed by atoms with van der Waals surface area (Å²) >= 11 is 0. The number of hydrogen-bond donors (Lipinski definition) is 1. The minimum atomic E-state index is -3.88. The number of carbonyl (C=O) groups is 1. The van der Waals surface area contributed by atoms with Crippen LogP contribution in [0.2, 0.25) is 0 Å². The van der Waals surface area contributed by atoms with E-state index in [4.69, 9.17) is 9.88 Å². The summed E-state index contributed by atoms with van der Waals surface area (Å²) in [5.41, 5.74) is 0.289. The van der Waals surface area contributed by atoms with Gasteiger partial charge < -0.3 is 9.84 Å². The highest BCUT2D eigenvalue weighted by Crippen LogP contribution is 2.36. The first kappa shape index (κ1) is 21.0. The summed E-state index contributed by atoms with van der Waals surface area (Å²) in [5.74, 6) is -1.64. The molecular formula is C18H15N4O7S-.